The molecule has 2 rings (SSSR count). The van der Waals surface area contributed by atoms with Crippen molar-refractivity contribution in [2.24, 2.45) is 0 Å². The molecule has 0 bridgehead atoms. The molecule has 0 radical (unpaired) electrons. The third-order valence-corrected chi connectivity index (χ3v) is 2.54. The number of anilines is 1. The lowest BCUT2D eigenvalue weighted by atomic mass is 10.1. The Bertz CT molecular complexity index is 412. The summed E-state index contributed by atoms with van der Waals surface area (Å²) >= 11 is 0. The van der Waals surface area contributed by atoms with E-state index in [1.807, 2.05) is 12.1 Å². The Hall–Kier alpha value is -1.64. The fourth-order valence-electron chi connectivity index (χ4n) is 1.89. The van der Waals surface area contributed by atoms with E-state index in [1.165, 1.54) is 11.8 Å². The zero-order valence-corrected chi connectivity index (χ0v) is 8.15. The van der Waals surface area contributed by atoms with E-state index < -0.39 is 0 Å². The van der Waals surface area contributed by atoms with E-state index in [4.69, 9.17) is 0 Å². The van der Waals surface area contributed by atoms with Crippen molar-refractivity contribution >= 4 is 17.4 Å². The zero-order chi connectivity index (χ0) is 10.3. The number of hydrogen-bond donors (Lipinski definition) is 0. The number of carbonyl (C=O) groups excluding carboxylic acids is 2. The van der Waals surface area contributed by atoms with E-state index in [0.717, 1.165) is 5.69 Å². The summed E-state index contributed by atoms with van der Waals surface area (Å²) in [5.74, 6) is -0.0633. The van der Waals surface area contributed by atoms with Crippen LogP contribution in [-0.4, -0.2) is 17.7 Å². The Morgan fingerprint density at radius 2 is 2.00 bits per heavy atom. The lowest BCUT2D eigenvalue weighted by Gasteiger charge is -2.18. The van der Waals surface area contributed by atoms with Crippen LogP contribution in [0, 0.1) is 0 Å². The van der Waals surface area contributed by atoms with Crippen molar-refractivity contribution in [1.82, 2.24) is 0 Å². The molecule has 0 saturated heterocycles. The van der Waals surface area contributed by atoms with Gasteiger partial charge in [0.2, 0.25) is 5.91 Å². The highest BCUT2D eigenvalue weighted by Gasteiger charge is 2.35. The summed E-state index contributed by atoms with van der Waals surface area (Å²) in [5, 5.41) is 0. The Labute approximate surface area is 82.3 Å². The summed E-state index contributed by atoms with van der Waals surface area (Å²) in [6.45, 7) is 3.23. The highest BCUT2D eigenvalue weighted by molar-refractivity contribution is 6.17. The summed E-state index contributed by atoms with van der Waals surface area (Å²) in [6, 6.07) is 6.85. The normalized spacial score (nSPS) is 19.7. The van der Waals surface area contributed by atoms with Gasteiger partial charge in [0.15, 0.2) is 5.78 Å². The van der Waals surface area contributed by atoms with Gasteiger partial charge < -0.3 is 4.90 Å². The number of carbonyl (C=O) groups is 2. The third kappa shape index (κ3) is 1.05. The van der Waals surface area contributed by atoms with Gasteiger partial charge in [-0.3, -0.25) is 9.59 Å². The highest BCUT2D eigenvalue weighted by Crippen LogP contribution is 2.31. The maximum atomic E-state index is 11.7. The van der Waals surface area contributed by atoms with Crippen molar-refractivity contribution in [2.75, 3.05) is 4.90 Å². The van der Waals surface area contributed by atoms with Crippen LogP contribution in [0.25, 0.3) is 0 Å². The molecule has 1 aromatic rings. The Morgan fingerprint density at radius 1 is 1.36 bits per heavy atom. The molecule has 0 aliphatic carbocycles. The predicted molar refractivity (Wildman–Crippen MR) is 53.4 cm³/mol. The topological polar surface area (TPSA) is 37.4 Å². The molecule has 1 aliphatic rings. The first kappa shape index (κ1) is 8.94. The second-order valence-electron chi connectivity index (χ2n) is 3.45. The highest BCUT2D eigenvalue weighted by atomic mass is 16.2. The maximum absolute atomic E-state index is 11.7. The predicted octanol–water partition coefficient (Wildman–Crippen LogP) is 1.62. The molecular formula is C11H11NO2. The summed E-state index contributed by atoms with van der Waals surface area (Å²) in [4.78, 5) is 24.6. The van der Waals surface area contributed by atoms with Gasteiger partial charge in [-0.25, -0.2) is 0 Å². The van der Waals surface area contributed by atoms with Crippen LogP contribution in [-0.2, 0) is 4.79 Å². The number of ketones is 1. The van der Waals surface area contributed by atoms with Gasteiger partial charge in [0.25, 0.3) is 0 Å². The van der Waals surface area contributed by atoms with Gasteiger partial charge in [-0.2, -0.15) is 0 Å². The Balaban J connectivity index is 2.59. The van der Waals surface area contributed by atoms with E-state index in [2.05, 4.69) is 0 Å². The van der Waals surface area contributed by atoms with Crippen LogP contribution >= 0.6 is 0 Å². The van der Waals surface area contributed by atoms with Crippen molar-refractivity contribution in [2.45, 2.75) is 19.9 Å². The van der Waals surface area contributed by atoms with Crippen molar-refractivity contribution in [3.63, 3.8) is 0 Å². The van der Waals surface area contributed by atoms with Crippen LogP contribution < -0.4 is 4.90 Å². The number of Topliss-reactive ketones (excluding diaryl/α,β-unsaturated/α-hetero) is 1. The average molecular weight is 189 g/mol. The van der Waals surface area contributed by atoms with Gasteiger partial charge in [-0.15, -0.1) is 0 Å². The van der Waals surface area contributed by atoms with Gasteiger partial charge >= 0.3 is 0 Å². The SMILES string of the molecule is CC(=O)N1c2ccccc2C(=O)[C@H]1C. The molecule has 1 amide bonds. The van der Waals surface area contributed by atoms with Crippen LogP contribution in [0.4, 0.5) is 5.69 Å². The van der Waals surface area contributed by atoms with Gasteiger partial charge in [-0.05, 0) is 19.1 Å². The molecule has 1 aromatic carbocycles. The second kappa shape index (κ2) is 2.94. The largest absolute Gasteiger partial charge is 0.301 e. The molecule has 0 unspecified atom stereocenters. The maximum Gasteiger partial charge on any atom is 0.224 e. The van der Waals surface area contributed by atoms with Crippen LogP contribution in [0.15, 0.2) is 24.3 Å². The van der Waals surface area contributed by atoms with E-state index in [0.29, 0.717) is 5.56 Å². The van der Waals surface area contributed by atoms with Crippen molar-refractivity contribution in [3.05, 3.63) is 29.8 Å². The molecule has 1 heterocycles. The minimum atomic E-state index is -0.357. The first-order valence-electron chi connectivity index (χ1n) is 4.56. The average Bonchev–Trinajstić information content (AvgIpc) is 2.41. The fraction of sp³-hybridized carbons (Fsp3) is 0.273. The molecule has 0 spiro atoms. The molecule has 3 nitrogen and oxygen atoms in total. The lowest BCUT2D eigenvalue weighted by Crippen LogP contribution is -2.36. The van der Waals surface area contributed by atoms with Crippen LogP contribution in [0.1, 0.15) is 24.2 Å². The van der Waals surface area contributed by atoms with E-state index in [-0.39, 0.29) is 17.7 Å². The van der Waals surface area contributed by atoms with Gasteiger partial charge in [0, 0.05) is 12.5 Å². The third-order valence-electron chi connectivity index (χ3n) is 2.54. The molecular weight excluding hydrogens is 178 g/mol. The van der Waals surface area contributed by atoms with Gasteiger partial charge in [0.05, 0.1) is 11.7 Å². The first-order valence-corrected chi connectivity index (χ1v) is 4.56. The number of hydrogen-bond acceptors (Lipinski definition) is 2. The van der Waals surface area contributed by atoms with Crippen molar-refractivity contribution in [1.29, 1.82) is 0 Å². The van der Waals surface area contributed by atoms with E-state index >= 15 is 0 Å². The monoisotopic (exact) mass is 189 g/mol. The van der Waals surface area contributed by atoms with Gasteiger partial charge in [0.1, 0.15) is 0 Å². The quantitative estimate of drug-likeness (QED) is 0.622. The van der Waals surface area contributed by atoms with Gasteiger partial charge in [-0.1, -0.05) is 12.1 Å². The minimum Gasteiger partial charge on any atom is -0.301 e. The van der Waals surface area contributed by atoms with Crippen LogP contribution in [0.2, 0.25) is 0 Å². The molecule has 72 valence electrons. The van der Waals surface area contributed by atoms with Crippen molar-refractivity contribution in [3.8, 4) is 0 Å². The Kier molecular flexibility index (Phi) is 1.88. The molecule has 0 fully saturated rings. The molecule has 1 atom stereocenters. The molecule has 3 heteroatoms. The number of amides is 1. The lowest BCUT2D eigenvalue weighted by molar-refractivity contribution is -0.116. The standard InChI is InChI=1S/C11H11NO2/c1-7-11(14)9-5-3-4-6-10(9)12(7)8(2)13/h3-7H,1-2H3/t7-/m1/s1. The van der Waals surface area contributed by atoms with Crippen molar-refractivity contribution < 1.29 is 9.59 Å². The smallest absolute Gasteiger partial charge is 0.224 e. The molecule has 0 N–H and O–H groups in total. The molecule has 0 saturated carbocycles. The summed E-state index contributed by atoms with van der Waals surface area (Å²) < 4.78 is 0. The minimum absolute atomic E-state index is 0.0239. The van der Waals surface area contributed by atoms with E-state index in [9.17, 15) is 9.59 Å². The number of para-hydroxylation sites is 1. The number of nitrogens with zero attached hydrogens (tertiary/aromatic N) is 1. The number of rotatable bonds is 0. The Morgan fingerprint density at radius 3 is 2.64 bits per heavy atom. The summed E-state index contributed by atoms with van der Waals surface area (Å²) in [6.07, 6.45) is 0. The summed E-state index contributed by atoms with van der Waals surface area (Å²) in [7, 11) is 0. The molecule has 0 aromatic heterocycles. The second-order valence-corrected chi connectivity index (χ2v) is 3.45. The van der Waals surface area contributed by atoms with Crippen LogP contribution in [0.3, 0.4) is 0 Å². The number of benzene rings is 1. The number of fused-ring (bicyclic) bond motifs is 1. The zero-order valence-electron chi connectivity index (χ0n) is 8.15. The molecule has 14 heavy (non-hydrogen) atoms. The summed E-state index contributed by atoms with van der Waals surface area (Å²) in [5.41, 5.74) is 1.38. The van der Waals surface area contributed by atoms with Crippen LogP contribution in [0.5, 0.6) is 0 Å². The van der Waals surface area contributed by atoms with E-state index in [1.54, 1.807) is 19.1 Å². The molecule has 1 aliphatic heterocycles. The fourth-order valence-corrected chi connectivity index (χ4v) is 1.89. The first-order chi connectivity index (χ1) is 6.63.